The molecular formula is C18H20N4O4. The number of hydrogen-bond donors (Lipinski definition) is 2. The summed E-state index contributed by atoms with van der Waals surface area (Å²) < 4.78 is 11.5. The van der Waals surface area contributed by atoms with Gasteiger partial charge < -0.3 is 24.8 Å². The first-order valence-electron chi connectivity index (χ1n) is 8.59. The minimum Gasteiger partial charge on any atom is -0.478 e. The quantitative estimate of drug-likeness (QED) is 0.861. The van der Waals surface area contributed by atoms with E-state index in [4.69, 9.17) is 14.6 Å². The van der Waals surface area contributed by atoms with Crippen LogP contribution in [0.2, 0.25) is 0 Å². The molecule has 2 saturated heterocycles. The number of anilines is 3. The molecule has 0 bridgehead atoms. The molecule has 1 aromatic heterocycles. The Bertz CT molecular complexity index is 797. The Kier molecular flexibility index (Phi) is 4.44. The highest BCUT2D eigenvalue weighted by molar-refractivity contribution is 5.89. The molecule has 0 amide bonds. The lowest BCUT2D eigenvalue weighted by molar-refractivity contribution is -0.169. The van der Waals surface area contributed by atoms with Crippen molar-refractivity contribution in [1.82, 2.24) is 9.97 Å². The summed E-state index contributed by atoms with van der Waals surface area (Å²) in [6, 6.07) is 8.48. The highest BCUT2D eigenvalue weighted by atomic mass is 16.7. The third-order valence-corrected chi connectivity index (χ3v) is 4.70. The van der Waals surface area contributed by atoms with E-state index in [2.05, 4.69) is 20.2 Å². The van der Waals surface area contributed by atoms with E-state index >= 15 is 0 Å². The van der Waals surface area contributed by atoms with Gasteiger partial charge in [0, 0.05) is 37.7 Å². The van der Waals surface area contributed by atoms with E-state index in [1.807, 2.05) is 6.07 Å². The molecule has 2 aliphatic rings. The highest BCUT2D eigenvalue weighted by Gasteiger charge is 2.40. The maximum Gasteiger partial charge on any atom is 0.335 e. The summed E-state index contributed by atoms with van der Waals surface area (Å²) in [5, 5.41) is 12.2. The Labute approximate surface area is 150 Å². The first kappa shape index (κ1) is 16.7. The number of nitrogens with zero attached hydrogens (tertiary/aromatic N) is 3. The molecule has 8 heteroatoms. The van der Waals surface area contributed by atoms with Gasteiger partial charge in [-0.1, -0.05) is 6.07 Å². The molecule has 2 aliphatic heterocycles. The van der Waals surface area contributed by atoms with Crippen LogP contribution < -0.4 is 10.2 Å². The van der Waals surface area contributed by atoms with Gasteiger partial charge in [0.05, 0.1) is 18.8 Å². The standard InChI is InChI=1S/C18H20N4O4/c23-17(24)13-2-1-3-14(10-13)21-15-11-16(20-12-19-15)22-6-4-18(5-7-22)25-8-9-26-18/h1-3,10-12H,4-9H2,(H,23,24)(H,19,20,21). The van der Waals surface area contributed by atoms with Crippen molar-refractivity contribution in [3.05, 3.63) is 42.2 Å². The van der Waals surface area contributed by atoms with E-state index in [1.165, 1.54) is 6.33 Å². The minimum atomic E-state index is -0.962. The van der Waals surface area contributed by atoms with Crippen molar-refractivity contribution in [1.29, 1.82) is 0 Å². The van der Waals surface area contributed by atoms with Crippen molar-refractivity contribution in [2.45, 2.75) is 18.6 Å². The van der Waals surface area contributed by atoms with Gasteiger partial charge in [0.2, 0.25) is 0 Å². The SMILES string of the molecule is O=C(O)c1cccc(Nc2cc(N3CCC4(CC3)OCCO4)ncn2)c1. The van der Waals surface area contributed by atoms with Crippen molar-refractivity contribution < 1.29 is 19.4 Å². The van der Waals surface area contributed by atoms with Gasteiger partial charge in [0.15, 0.2) is 5.79 Å². The molecule has 8 nitrogen and oxygen atoms in total. The van der Waals surface area contributed by atoms with Crippen molar-refractivity contribution in [3.63, 3.8) is 0 Å². The zero-order valence-electron chi connectivity index (χ0n) is 14.2. The lowest BCUT2D eigenvalue weighted by Crippen LogP contribution is -2.45. The summed E-state index contributed by atoms with van der Waals surface area (Å²) in [6.07, 6.45) is 3.12. The number of ether oxygens (including phenoxy) is 2. The number of carboxylic acids is 1. The van der Waals surface area contributed by atoms with Crippen LogP contribution in [0.25, 0.3) is 0 Å². The molecule has 4 rings (SSSR count). The molecule has 0 saturated carbocycles. The van der Waals surface area contributed by atoms with Gasteiger partial charge in [-0.15, -0.1) is 0 Å². The van der Waals surface area contributed by atoms with E-state index < -0.39 is 11.8 Å². The second kappa shape index (κ2) is 6.89. The predicted octanol–water partition coefficient (Wildman–Crippen LogP) is 2.26. The third kappa shape index (κ3) is 3.47. The molecule has 2 N–H and O–H groups in total. The fraction of sp³-hybridized carbons (Fsp3) is 0.389. The Morgan fingerprint density at radius 2 is 1.92 bits per heavy atom. The second-order valence-electron chi connectivity index (χ2n) is 6.37. The number of aromatic nitrogens is 2. The van der Waals surface area contributed by atoms with Crippen LogP contribution in [0, 0.1) is 0 Å². The average Bonchev–Trinajstić information content (AvgIpc) is 3.11. The lowest BCUT2D eigenvalue weighted by Gasteiger charge is -2.38. The molecule has 136 valence electrons. The molecule has 0 atom stereocenters. The minimum absolute atomic E-state index is 0.224. The van der Waals surface area contributed by atoms with E-state index in [-0.39, 0.29) is 5.56 Å². The number of carboxylic acid groups (broad SMARTS) is 1. The van der Waals surface area contributed by atoms with Crippen LogP contribution in [0.4, 0.5) is 17.3 Å². The average molecular weight is 356 g/mol. The topological polar surface area (TPSA) is 96.8 Å². The van der Waals surface area contributed by atoms with Crippen molar-refractivity contribution >= 4 is 23.3 Å². The first-order chi connectivity index (χ1) is 12.6. The third-order valence-electron chi connectivity index (χ3n) is 4.70. The van der Waals surface area contributed by atoms with Crippen molar-refractivity contribution in [2.24, 2.45) is 0 Å². The Morgan fingerprint density at radius 3 is 2.65 bits per heavy atom. The molecule has 2 fully saturated rings. The van der Waals surface area contributed by atoms with E-state index in [9.17, 15) is 4.79 Å². The summed E-state index contributed by atoms with van der Waals surface area (Å²) in [6.45, 7) is 2.92. The Hall–Kier alpha value is -2.71. The highest BCUT2D eigenvalue weighted by Crippen LogP contribution is 2.33. The van der Waals surface area contributed by atoms with Crippen LogP contribution in [0.3, 0.4) is 0 Å². The molecular weight excluding hydrogens is 336 g/mol. The fourth-order valence-electron chi connectivity index (χ4n) is 3.33. The van der Waals surface area contributed by atoms with Crippen LogP contribution in [0.1, 0.15) is 23.2 Å². The van der Waals surface area contributed by atoms with Gasteiger partial charge >= 0.3 is 5.97 Å². The molecule has 2 aromatic rings. The molecule has 1 spiro atoms. The number of aromatic carboxylic acids is 1. The van der Waals surface area contributed by atoms with Crippen LogP contribution in [-0.2, 0) is 9.47 Å². The van der Waals surface area contributed by atoms with Crippen LogP contribution in [0.15, 0.2) is 36.7 Å². The summed E-state index contributed by atoms with van der Waals surface area (Å²) >= 11 is 0. The van der Waals surface area contributed by atoms with Crippen LogP contribution in [0.5, 0.6) is 0 Å². The molecule has 26 heavy (non-hydrogen) atoms. The van der Waals surface area contributed by atoms with E-state index in [1.54, 1.807) is 24.3 Å². The number of carbonyl (C=O) groups is 1. The molecule has 0 radical (unpaired) electrons. The Balaban J connectivity index is 1.45. The molecule has 0 aliphatic carbocycles. The normalized spacial score (nSPS) is 18.8. The molecule has 0 unspecified atom stereocenters. The number of benzene rings is 1. The van der Waals surface area contributed by atoms with Gasteiger partial charge in [-0.05, 0) is 18.2 Å². The second-order valence-corrected chi connectivity index (χ2v) is 6.37. The summed E-state index contributed by atoms with van der Waals surface area (Å²) in [5.41, 5.74) is 0.891. The number of rotatable bonds is 4. The lowest BCUT2D eigenvalue weighted by atomic mass is 10.0. The monoisotopic (exact) mass is 356 g/mol. The summed E-state index contributed by atoms with van der Waals surface area (Å²) in [5.74, 6) is 0.0635. The van der Waals surface area contributed by atoms with Crippen molar-refractivity contribution in [3.8, 4) is 0 Å². The van der Waals surface area contributed by atoms with E-state index in [0.29, 0.717) is 24.7 Å². The molecule has 3 heterocycles. The fourth-order valence-corrected chi connectivity index (χ4v) is 3.33. The van der Waals surface area contributed by atoms with E-state index in [0.717, 1.165) is 31.7 Å². The number of piperidine rings is 1. The van der Waals surface area contributed by atoms with Crippen LogP contribution in [-0.4, -0.2) is 53.1 Å². The largest absolute Gasteiger partial charge is 0.478 e. The Morgan fingerprint density at radius 1 is 1.15 bits per heavy atom. The van der Waals surface area contributed by atoms with Gasteiger partial charge in [0.1, 0.15) is 18.0 Å². The zero-order valence-corrected chi connectivity index (χ0v) is 14.2. The van der Waals surface area contributed by atoms with Gasteiger partial charge in [0.25, 0.3) is 0 Å². The van der Waals surface area contributed by atoms with Gasteiger partial charge in [-0.3, -0.25) is 0 Å². The number of nitrogens with one attached hydrogen (secondary N) is 1. The summed E-state index contributed by atoms with van der Waals surface area (Å²) in [4.78, 5) is 21.9. The zero-order chi connectivity index (χ0) is 18.0. The van der Waals surface area contributed by atoms with Crippen molar-refractivity contribution in [2.75, 3.05) is 36.5 Å². The summed E-state index contributed by atoms with van der Waals surface area (Å²) in [7, 11) is 0. The van der Waals surface area contributed by atoms with Gasteiger partial charge in [-0.2, -0.15) is 0 Å². The van der Waals surface area contributed by atoms with Crippen LogP contribution >= 0.6 is 0 Å². The smallest absolute Gasteiger partial charge is 0.335 e. The first-order valence-corrected chi connectivity index (χ1v) is 8.59. The molecule has 1 aromatic carbocycles. The van der Waals surface area contributed by atoms with Gasteiger partial charge in [-0.25, -0.2) is 14.8 Å². The predicted molar refractivity (Wildman–Crippen MR) is 94.8 cm³/mol. The maximum absolute atomic E-state index is 11.1. The maximum atomic E-state index is 11.1. The number of hydrogen-bond acceptors (Lipinski definition) is 7.